The predicted octanol–water partition coefficient (Wildman–Crippen LogP) is 23.3. The van der Waals surface area contributed by atoms with E-state index in [1.807, 2.05) is 0 Å². The maximum atomic E-state index is 13.1. The van der Waals surface area contributed by atoms with E-state index in [4.69, 9.17) is 37.0 Å². The number of ether oxygens (including phenoxy) is 4. The molecule has 3 N–H and O–H groups in total. The van der Waals surface area contributed by atoms with Gasteiger partial charge in [-0.3, -0.25) is 37.3 Å². The highest BCUT2D eigenvalue weighted by atomic mass is 31.2. The first-order chi connectivity index (χ1) is 47.7. The zero-order valence-electron chi connectivity index (χ0n) is 63.2. The molecule has 2 unspecified atom stereocenters. The third-order valence-corrected chi connectivity index (χ3v) is 19.8. The van der Waals surface area contributed by atoms with Gasteiger partial charge in [-0.25, -0.2) is 9.13 Å². The van der Waals surface area contributed by atoms with Crippen LogP contribution in [0.25, 0.3) is 0 Å². The van der Waals surface area contributed by atoms with Gasteiger partial charge in [-0.05, 0) is 77.0 Å². The molecule has 0 aromatic carbocycles. The topological polar surface area (TPSA) is 237 Å². The SMILES string of the molecule is CCCCCCCC/C=C\CCCCCCCC(=O)OC[C@H](COP(=O)(O)OC[C@@H](O)COP(=O)(O)OC[C@@H](COC(=O)CCCCCCCCCCCCCCCCC)OC(=O)CCCCCCCCCCCCCCC)OC(=O)CCCCCCC/C=C\CCCCCCCC. The fraction of sp³-hybridized carbons (Fsp3) is 0.899. The number of rotatable bonds is 78. The molecule has 0 aliphatic carbocycles. The molecule has 0 spiro atoms. The molecule has 0 saturated heterocycles. The molecule has 0 aromatic rings. The number of hydrogen-bond acceptors (Lipinski definition) is 15. The number of carbonyl (C=O) groups excluding carboxylic acids is 4. The highest BCUT2D eigenvalue weighted by Crippen LogP contribution is 2.45. The normalized spacial score (nSPS) is 14.0. The summed E-state index contributed by atoms with van der Waals surface area (Å²) in [6.07, 6.45) is 67.2. The second-order valence-corrected chi connectivity index (χ2v) is 30.6. The molecule has 5 atom stereocenters. The second-order valence-electron chi connectivity index (χ2n) is 27.7. The van der Waals surface area contributed by atoms with Gasteiger partial charge in [-0.1, -0.05) is 322 Å². The number of aliphatic hydroxyl groups excluding tert-OH is 1. The lowest BCUT2D eigenvalue weighted by molar-refractivity contribution is -0.161. The van der Waals surface area contributed by atoms with Gasteiger partial charge in [0.15, 0.2) is 12.2 Å². The van der Waals surface area contributed by atoms with Crippen molar-refractivity contribution in [2.45, 2.75) is 418 Å². The molecular formula is C79H150O17P2. The van der Waals surface area contributed by atoms with Crippen LogP contribution in [0.3, 0.4) is 0 Å². The summed E-state index contributed by atoms with van der Waals surface area (Å²) in [6, 6.07) is 0. The van der Waals surface area contributed by atoms with Gasteiger partial charge in [0.05, 0.1) is 26.4 Å². The number of phosphoric ester groups is 2. The standard InChI is InChI=1S/C79H150O17P2/c1-5-9-13-17-21-25-29-33-36-40-43-47-51-55-59-63-76(81)89-69-74(95-78(83)65-61-57-53-49-45-39-32-28-24-20-16-12-8-4)71-93-97(85,86)91-67-73(80)68-92-98(87,88)94-72-75(96-79(84)66-62-58-54-50-46-42-38-35-31-27-23-19-15-11-7-3)70-90-77(82)64-60-56-52-48-44-41-37-34-30-26-22-18-14-10-6-2/h34-35,37-38,73-75,80H,5-33,36,39-72H2,1-4H3,(H,85,86)(H,87,88)/b37-34-,38-35-/t73-,74+,75+/m0/s1. The van der Waals surface area contributed by atoms with E-state index >= 15 is 0 Å². The fourth-order valence-electron chi connectivity index (χ4n) is 11.7. The summed E-state index contributed by atoms with van der Waals surface area (Å²) in [5, 5.41) is 10.6. The predicted molar refractivity (Wildman–Crippen MR) is 400 cm³/mol. The molecule has 0 rings (SSSR count). The number of esters is 4. The highest BCUT2D eigenvalue weighted by Gasteiger charge is 2.30. The van der Waals surface area contributed by atoms with Crippen LogP contribution in [0.15, 0.2) is 24.3 Å². The van der Waals surface area contributed by atoms with Gasteiger partial charge in [0.25, 0.3) is 0 Å². The van der Waals surface area contributed by atoms with Crippen LogP contribution in [0.4, 0.5) is 0 Å². The summed E-state index contributed by atoms with van der Waals surface area (Å²) in [6.45, 7) is 4.96. The average Bonchev–Trinajstić information content (AvgIpc) is 1.04. The van der Waals surface area contributed by atoms with Crippen molar-refractivity contribution in [3.8, 4) is 0 Å². The number of carbonyl (C=O) groups is 4. The lowest BCUT2D eigenvalue weighted by atomic mass is 10.0. The summed E-state index contributed by atoms with van der Waals surface area (Å²) in [7, 11) is -9.93. The molecule has 0 aliphatic heterocycles. The summed E-state index contributed by atoms with van der Waals surface area (Å²) in [5.41, 5.74) is 0. The fourth-order valence-corrected chi connectivity index (χ4v) is 13.3. The third-order valence-electron chi connectivity index (χ3n) is 17.9. The Kier molecular flexibility index (Phi) is 71.0. The van der Waals surface area contributed by atoms with Crippen molar-refractivity contribution < 1.29 is 80.2 Å². The van der Waals surface area contributed by atoms with Gasteiger partial charge in [-0.15, -0.1) is 0 Å². The van der Waals surface area contributed by atoms with E-state index < -0.39 is 97.5 Å². The molecule has 0 bridgehead atoms. The maximum absolute atomic E-state index is 13.1. The van der Waals surface area contributed by atoms with Crippen molar-refractivity contribution in [2.75, 3.05) is 39.6 Å². The number of phosphoric acid groups is 2. The van der Waals surface area contributed by atoms with Crippen LogP contribution in [0.2, 0.25) is 0 Å². The summed E-state index contributed by atoms with van der Waals surface area (Å²) < 4.78 is 68.6. The molecule has 0 aromatic heterocycles. The van der Waals surface area contributed by atoms with Crippen molar-refractivity contribution in [1.29, 1.82) is 0 Å². The minimum atomic E-state index is -4.97. The quantitative estimate of drug-likeness (QED) is 0.0169. The lowest BCUT2D eigenvalue weighted by Crippen LogP contribution is -2.30. The van der Waals surface area contributed by atoms with Crippen molar-refractivity contribution in [3.63, 3.8) is 0 Å². The number of allylic oxidation sites excluding steroid dienone is 4. The molecule has 0 aliphatic rings. The minimum absolute atomic E-state index is 0.0911. The zero-order chi connectivity index (χ0) is 71.8. The Morgan fingerprint density at radius 3 is 0.704 bits per heavy atom. The first-order valence-electron chi connectivity index (χ1n) is 40.6. The maximum Gasteiger partial charge on any atom is 0.472 e. The molecule has 0 fully saturated rings. The number of unbranched alkanes of at least 4 members (excludes halogenated alkanes) is 48. The van der Waals surface area contributed by atoms with Crippen LogP contribution in [0.1, 0.15) is 400 Å². The second kappa shape index (κ2) is 72.9. The molecule has 0 amide bonds. The highest BCUT2D eigenvalue weighted by molar-refractivity contribution is 7.47. The first kappa shape index (κ1) is 95.5. The molecular weight excluding hydrogens is 1280 g/mol. The molecule has 17 nitrogen and oxygen atoms in total. The first-order valence-corrected chi connectivity index (χ1v) is 43.6. The Bertz CT molecular complexity index is 1950. The Balaban J connectivity index is 5.30. The van der Waals surface area contributed by atoms with Crippen LogP contribution >= 0.6 is 15.6 Å². The molecule has 578 valence electrons. The summed E-state index contributed by atoms with van der Waals surface area (Å²) in [5.74, 6) is -2.14. The number of aliphatic hydroxyl groups is 1. The largest absolute Gasteiger partial charge is 0.472 e. The van der Waals surface area contributed by atoms with Crippen molar-refractivity contribution in [2.24, 2.45) is 0 Å². The van der Waals surface area contributed by atoms with Crippen LogP contribution in [0, 0.1) is 0 Å². The van der Waals surface area contributed by atoms with Crippen LogP contribution in [-0.4, -0.2) is 96.7 Å². The Morgan fingerprint density at radius 2 is 0.469 bits per heavy atom. The van der Waals surface area contributed by atoms with E-state index in [9.17, 15) is 43.2 Å². The molecule has 19 heteroatoms. The monoisotopic (exact) mass is 1430 g/mol. The molecule has 98 heavy (non-hydrogen) atoms. The van der Waals surface area contributed by atoms with Crippen LogP contribution in [0.5, 0.6) is 0 Å². The summed E-state index contributed by atoms with van der Waals surface area (Å²) >= 11 is 0. The molecule has 0 saturated carbocycles. The van der Waals surface area contributed by atoms with Gasteiger partial charge < -0.3 is 33.8 Å². The van der Waals surface area contributed by atoms with Gasteiger partial charge >= 0.3 is 39.5 Å². The molecule has 0 radical (unpaired) electrons. The van der Waals surface area contributed by atoms with E-state index in [2.05, 4.69) is 52.0 Å². The minimum Gasteiger partial charge on any atom is -0.462 e. The number of hydrogen-bond donors (Lipinski definition) is 3. The lowest BCUT2D eigenvalue weighted by Gasteiger charge is -2.21. The van der Waals surface area contributed by atoms with Crippen molar-refractivity contribution in [3.05, 3.63) is 24.3 Å². The van der Waals surface area contributed by atoms with E-state index in [1.54, 1.807) is 0 Å². The van der Waals surface area contributed by atoms with Gasteiger partial charge in [0.2, 0.25) is 0 Å². The van der Waals surface area contributed by atoms with E-state index in [0.717, 1.165) is 122 Å². The van der Waals surface area contributed by atoms with Gasteiger partial charge in [0.1, 0.15) is 19.3 Å². The zero-order valence-corrected chi connectivity index (χ0v) is 65.0. The van der Waals surface area contributed by atoms with E-state index in [0.29, 0.717) is 25.7 Å². The van der Waals surface area contributed by atoms with Crippen LogP contribution < -0.4 is 0 Å². The Morgan fingerprint density at radius 1 is 0.276 bits per heavy atom. The average molecular weight is 1430 g/mol. The van der Waals surface area contributed by atoms with Crippen LogP contribution in [-0.2, 0) is 65.4 Å². The smallest absolute Gasteiger partial charge is 0.462 e. The Labute approximate surface area is 599 Å². The summed E-state index contributed by atoms with van der Waals surface area (Å²) in [4.78, 5) is 73.0. The van der Waals surface area contributed by atoms with Gasteiger partial charge in [0, 0.05) is 25.7 Å². The van der Waals surface area contributed by atoms with E-state index in [1.165, 1.54) is 199 Å². The third kappa shape index (κ3) is 71.9. The van der Waals surface area contributed by atoms with Gasteiger partial charge in [-0.2, -0.15) is 0 Å². The van der Waals surface area contributed by atoms with Crippen molar-refractivity contribution in [1.82, 2.24) is 0 Å². The van der Waals surface area contributed by atoms with Crippen molar-refractivity contribution >= 4 is 39.5 Å². The Hall–Kier alpha value is -2.46. The van der Waals surface area contributed by atoms with E-state index in [-0.39, 0.29) is 25.7 Å². The molecule has 0 heterocycles.